The van der Waals surface area contributed by atoms with E-state index in [-0.39, 0.29) is 17.7 Å². The molecule has 2 amide bonds. The molecule has 1 saturated carbocycles. The van der Waals surface area contributed by atoms with Gasteiger partial charge in [0.1, 0.15) is 5.75 Å². The second-order valence-corrected chi connectivity index (χ2v) is 4.66. The van der Waals surface area contributed by atoms with Crippen LogP contribution >= 0.6 is 0 Å². The Morgan fingerprint density at radius 1 is 1.41 bits per heavy atom. The summed E-state index contributed by atoms with van der Waals surface area (Å²) in [5.74, 6) is 0.419. The summed E-state index contributed by atoms with van der Waals surface area (Å²) >= 11 is 0. The Kier molecular flexibility index (Phi) is 1.88. The van der Waals surface area contributed by atoms with Gasteiger partial charge < -0.3 is 4.74 Å². The molecule has 2 unspecified atom stereocenters. The zero-order chi connectivity index (χ0) is 12.2. The smallest absolute Gasteiger partial charge is 0.240 e. The summed E-state index contributed by atoms with van der Waals surface area (Å²) in [4.78, 5) is 25.2. The van der Waals surface area contributed by atoms with Crippen LogP contribution in [0, 0.1) is 5.92 Å². The Hall–Kier alpha value is -1.84. The summed E-state index contributed by atoms with van der Waals surface area (Å²) in [5.41, 5.74) is 0.296. The Bertz CT molecular complexity index is 525. The number of amides is 2. The minimum absolute atomic E-state index is 0.0576. The van der Waals surface area contributed by atoms with Crippen molar-refractivity contribution in [2.24, 2.45) is 5.92 Å². The van der Waals surface area contributed by atoms with Crippen LogP contribution in [0.4, 0.5) is 0 Å². The molecular weight excluding hydrogens is 218 g/mol. The molecule has 0 radical (unpaired) electrons. The van der Waals surface area contributed by atoms with E-state index >= 15 is 0 Å². The van der Waals surface area contributed by atoms with Crippen molar-refractivity contribution >= 4 is 11.8 Å². The average Bonchev–Trinajstić information content (AvgIpc) is 3.08. The van der Waals surface area contributed by atoms with Gasteiger partial charge in [-0.15, -0.1) is 0 Å². The number of piperidine rings is 1. The van der Waals surface area contributed by atoms with Gasteiger partial charge in [0.15, 0.2) is 0 Å². The third kappa shape index (κ3) is 1.12. The van der Waals surface area contributed by atoms with Gasteiger partial charge in [-0.05, 0) is 24.1 Å². The second-order valence-electron chi connectivity index (χ2n) is 4.66. The Balaban J connectivity index is 2.06. The van der Waals surface area contributed by atoms with E-state index in [1.54, 1.807) is 14.2 Å². The summed E-state index contributed by atoms with van der Waals surface area (Å²) in [6.07, 6.45) is 0.641. The lowest BCUT2D eigenvalue weighted by atomic mass is 9.94. The van der Waals surface area contributed by atoms with Crippen LogP contribution in [0.15, 0.2) is 24.3 Å². The van der Waals surface area contributed by atoms with Crippen molar-refractivity contribution in [3.63, 3.8) is 0 Å². The Labute approximate surface area is 99.2 Å². The molecule has 1 aliphatic carbocycles. The number of benzene rings is 1. The van der Waals surface area contributed by atoms with Gasteiger partial charge in [-0.2, -0.15) is 0 Å². The van der Waals surface area contributed by atoms with E-state index in [0.29, 0.717) is 6.42 Å². The Morgan fingerprint density at radius 2 is 2.18 bits per heavy atom. The summed E-state index contributed by atoms with van der Waals surface area (Å²) < 4.78 is 5.16. The molecule has 0 bridgehead atoms. The minimum atomic E-state index is -0.597. The molecule has 1 heterocycles. The van der Waals surface area contributed by atoms with Crippen LogP contribution in [0.3, 0.4) is 0 Å². The topological polar surface area (TPSA) is 46.6 Å². The third-order valence-corrected chi connectivity index (χ3v) is 3.86. The summed E-state index contributed by atoms with van der Waals surface area (Å²) in [6.45, 7) is 0. The van der Waals surface area contributed by atoms with Gasteiger partial charge in [0.25, 0.3) is 0 Å². The molecule has 2 fully saturated rings. The molecular formula is C13H13NO3. The number of carbonyl (C=O) groups excluding carboxylic acids is 2. The van der Waals surface area contributed by atoms with Crippen molar-refractivity contribution in [2.45, 2.75) is 11.8 Å². The quantitative estimate of drug-likeness (QED) is 0.712. The lowest BCUT2D eigenvalue weighted by Crippen LogP contribution is -2.32. The van der Waals surface area contributed by atoms with E-state index in [4.69, 9.17) is 4.74 Å². The number of hydrogen-bond acceptors (Lipinski definition) is 3. The number of nitrogens with zero attached hydrogens (tertiary/aromatic N) is 1. The van der Waals surface area contributed by atoms with E-state index in [9.17, 15) is 9.59 Å². The maximum atomic E-state index is 12.1. The number of rotatable bonds is 2. The second kappa shape index (κ2) is 3.09. The number of fused-ring (bicyclic) bond motifs is 1. The maximum Gasteiger partial charge on any atom is 0.240 e. The normalized spacial score (nSPS) is 30.5. The number of carbonyl (C=O) groups is 2. The van der Waals surface area contributed by atoms with Gasteiger partial charge >= 0.3 is 0 Å². The molecule has 4 nitrogen and oxygen atoms in total. The molecule has 1 aromatic carbocycles. The fourth-order valence-corrected chi connectivity index (χ4v) is 2.77. The fourth-order valence-electron chi connectivity index (χ4n) is 2.77. The van der Waals surface area contributed by atoms with Crippen molar-refractivity contribution in [3.05, 3.63) is 29.8 Å². The van der Waals surface area contributed by atoms with Crippen molar-refractivity contribution in [1.82, 2.24) is 4.90 Å². The largest absolute Gasteiger partial charge is 0.497 e. The number of likely N-dealkylation sites (N-methyl/N-ethyl adjacent to an activating group) is 1. The number of likely N-dealkylation sites (tertiary alicyclic amines) is 1. The molecule has 0 N–H and O–H groups in total. The predicted octanol–water partition coefficient (Wildman–Crippen LogP) is 0.951. The molecule has 1 saturated heterocycles. The summed E-state index contributed by atoms with van der Waals surface area (Å²) in [5, 5.41) is 0. The molecule has 0 spiro atoms. The first-order valence-corrected chi connectivity index (χ1v) is 5.58. The molecule has 4 heteroatoms. The number of imide groups is 1. The molecule has 2 aliphatic rings. The first-order chi connectivity index (χ1) is 8.11. The highest BCUT2D eigenvalue weighted by Gasteiger charge is 2.71. The van der Waals surface area contributed by atoms with E-state index in [1.807, 2.05) is 24.3 Å². The van der Waals surface area contributed by atoms with Gasteiger partial charge in [0.2, 0.25) is 11.8 Å². The molecule has 0 aromatic heterocycles. The predicted molar refractivity (Wildman–Crippen MR) is 60.6 cm³/mol. The van der Waals surface area contributed by atoms with Crippen LogP contribution in [-0.2, 0) is 15.0 Å². The lowest BCUT2D eigenvalue weighted by molar-refractivity contribution is -0.140. The highest BCUT2D eigenvalue weighted by molar-refractivity contribution is 6.14. The van der Waals surface area contributed by atoms with Gasteiger partial charge in [-0.1, -0.05) is 12.1 Å². The van der Waals surface area contributed by atoms with Crippen LogP contribution in [0.25, 0.3) is 0 Å². The van der Waals surface area contributed by atoms with Crippen LogP contribution in [-0.4, -0.2) is 30.9 Å². The number of ether oxygens (including phenoxy) is 1. The van der Waals surface area contributed by atoms with E-state index < -0.39 is 5.41 Å². The van der Waals surface area contributed by atoms with E-state index in [2.05, 4.69) is 0 Å². The monoisotopic (exact) mass is 231 g/mol. The molecule has 88 valence electrons. The molecule has 17 heavy (non-hydrogen) atoms. The van der Waals surface area contributed by atoms with Crippen LogP contribution in [0.5, 0.6) is 5.75 Å². The van der Waals surface area contributed by atoms with Gasteiger partial charge in [0, 0.05) is 7.05 Å². The SMILES string of the molecule is COc1cccc(C23CC2C(=O)N(C)C3=O)c1. The first-order valence-electron chi connectivity index (χ1n) is 5.58. The van der Waals surface area contributed by atoms with Gasteiger partial charge in [-0.3, -0.25) is 14.5 Å². The van der Waals surface area contributed by atoms with Gasteiger partial charge in [-0.25, -0.2) is 0 Å². The maximum absolute atomic E-state index is 12.1. The van der Waals surface area contributed by atoms with Gasteiger partial charge in [0.05, 0.1) is 18.4 Å². The van der Waals surface area contributed by atoms with Crippen molar-refractivity contribution < 1.29 is 14.3 Å². The van der Waals surface area contributed by atoms with Crippen LogP contribution < -0.4 is 4.74 Å². The zero-order valence-corrected chi connectivity index (χ0v) is 9.77. The zero-order valence-electron chi connectivity index (χ0n) is 9.77. The third-order valence-electron chi connectivity index (χ3n) is 3.86. The van der Waals surface area contributed by atoms with Crippen molar-refractivity contribution in [2.75, 3.05) is 14.2 Å². The van der Waals surface area contributed by atoms with Crippen LogP contribution in [0.2, 0.25) is 0 Å². The molecule has 1 aliphatic heterocycles. The molecule has 2 atom stereocenters. The number of hydrogen-bond donors (Lipinski definition) is 0. The van der Waals surface area contributed by atoms with Crippen molar-refractivity contribution in [1.29, 1.82) is 0 Å². The fraction of sp³-hybridized carbons (Fsp3) is 0.385. The average molecular weight is 231 g/mol. The molecule has 1 aromatic rings. The highest BCUT2D eigenvalue weighted by Crippen LogP contribution is 2.60. The highest BCUT2D eigenvalue weighted by atomic mass is 16.5. The van der Waals surface area contributed by atoms with E-state index in [0.717, 1.165) is 11.3 Å². The first kappa shape index (κ1) is 10.3. The lowest BCUT2D eigenvalue weighted by Gasteiger charge is -2.15. The summed E-state index contributed by atoms with van der Waals surface area (Å²) in [6, 6.07) is 7.44. The van der Waals surface area contributed by atoms with Crippen molar-refractivity contribution in [3.8, 4) is 5.75 Å². The van der Waals surface area contributed by atoms with E-state index in [1.165, 1.54) is 4.90 Å². The standard InChI is InChI=1S/C13H13NO3/c1-14-11(15)10-7-13(10,12(14)16)8-4-3-5-9(6-8)17-2/h3-6,10H,7H2,1-2H3. The Morgan fingerprint density at radius 3 is 2.76 bits per heavy atom. The van der Waals surface area contributed by atoms with Crippen LogP contribution in [0.1, 0.15) is 12.0 Å². The summed E-state index contributed by atoms with van der Waals surface area (Å²) in [7, 11) is 3.15. The number of methoxy groups -OCH3 is 1. The minimum Gasteiger partial charge on any atom is -0.497 e. The molecule has 3 rings (SSSR count).